The van der Waals surface area contributed by atoms with Crippen molar-refractivity contribution in [1.29, 1.82) is 0 Å². The number of aromatic nitrogens is 2. The summed E-state index contributed by atoms with van der Waals surface area (Å²) in [6, 6.07) is 0.682. The summed E-state index contributed by atoms with van der Waals surface area (Å²) in [5.74, 6) is 1.09. The van der Waals surface area contributed by atoms with Crippen LogP contribution in [0.4, 0.5) is 5.95 Å². The molecule has 2 heterocycles. The largest absolute Gasteiger partial charge is 0.356 e. The number of aryl methyl sites for hydroxylation is 1. The molecule has 3 heteroatoms. The minimum absolute atomic E-state index is 0.558. The normalized spacial score (nSPS) is 26.9. The van der Waals surface area contributed by atoms with Crippen LogP contribution in [-0.2, 0) is 6.42 Å². The van der Waals surface area contributed by atoms with E-state index < -0.39 is 0 Å². The van der Waals surface area contributed by atoms with E-state index in [0.717, 1.165) is 18.9 Å². The molecule has 0 bridgehead atoms. The molecule has 1 aliphatic carbocycles. The van der Waals surface area contributed by atoms with Gasteiger partial charge in [0.05, 0.1) is 5.69 Å². The van der Waals surface area contributed by atoms with Gasteiger partial charge in [-0.1, -0.05) is 13.8 Å². The molecule has 82 valence electrons. The maximum absolute atomic E-state index is 4.61. The molecule has 1 aliphatic heterocycles. The van der Waals surface area contributed by atoms with Crippen LogP contribution in [-0.4, -0.2) is 16.1 Å². The molecule has 1 fully saturated rings. The van der Waals surface area contributed by atoms with Crippen molar-refractivity contribution in [2.75, 3.05) is 11.9 Å². The van der Waals surface area contributed by atoms with Crippen LogP contribution in [0.15, 0.2) is 6.20 Å². The summed E-state index contributed by atoms with van der Waals surface area (Å²) in [6.07, 6.45) is 7.30. The molecule has 1 saturated carbocycles. The molecule has 0 aromatic carbocycles. The van der Waals surface area contributed by atoms with E-state index in [1.165, 1.54) is 25.0 Å². The van der Waals surface area contributed by atoms with Crippen LogP contribution in [0.1, 0.15) is 44.8 Å². The summed E-state index contributed by atoms with van der Waals surface area (Å²) >= 11 is 0. The van der Waals surface area contributed by atoms with Gasteiger partial charge in [-0.25, -0.2) is 4.98 Å². The summed E-state index contributed by atoms with van der Waals surface area (Å²) in [4.78, 5) is 4.61. The van der Waals surface area contributed by atoms with Crippen LogP contribution < -0.4 is 5.32 Å². The van der Waals surface area contributed by atoms with Crippen molar-refractivity contribution >= 4 is 5.95 Å². The number of rotatable bonds is 2. The molecule has 1 atom stereocenters. The lowest BCUT2D eigenvalue weighted by Gasteiger charge is -2.30. The number of fused-ring (bicyclic) bond motifs is 1. The zero-order chi connectivity index (χ0) is 10.5. The highest BCUT2D eigenvalue weighted by Gasteiger charge is 2.46. The molecule has 0 saturated heterocycles. The number of hydrogen-bond donors (Lipinski definition) is 1. The Bertz CT molecular complexity index is 376. The molecule has 0 radical (unpaired) electrons. The van der Waals surface area contributed by atoms with Gasteiger partial charge in [0.25, 0.3) is 0 Å². The van der Waals surface area contributed by atoms with Crippen molar-refractivity contribution in [3.05, 3.63) is 11.9 Å². The smallest absolute Gasteiger partial charge is 0.203 e. The van der Waals surface area contributed by atoms with Crippen LogP contribution in [0.3, 0.4) is 0 Å². The summed E-state index contributed by atoms with van der Waals surface area (Å²) in [5.41, 5.74) is 1.77. The van der Waals surface area contributed by atoms with Crippen LogP contribution in [0, 0.1) is 5.41 Å². The van der Waals surface area contributed by atoms with Gasteiger partial charge in [0.15, 0.2) is 0 Å². The summed E-state index contributed by atoms with van der Waals surface area (Å²) in [6.45, 7) is 5.67. The standard InChI is InChI=1S/C12H19N3/c1-3-9-8-15-10(12(2)5-6-12)4-7-13-11(15)14-9/h8,10H,3-7H2,1-2H3,(H,13,14). The van der Waals surface area contributed by atoms with Crippen molar-refractivity contribution in [2.45, 2.75) is 45.6 Å². The first kappa shape index (κ1) is 9.25. The fourth-order valence-corrected chi connectivity index (χ4v) is 2.66. The minimum atomic E-state index is 0.558. The molecular weight excluding hydrogens is 186 g/mol. The number of hydrogen-bond acceptors (Lipinski definition) is 2. The highest BCUT2D eigenvalue weighted by Crippen LogP contribution is 2.56. The Balaban J connectivity index is 1.98. The van der Waals surface area contributed by atoms with Gasteiger partial charge in [0, 0.05) is 18.8 Å². The zero-order valence-corrected chi connectivity index (χ0v) is 9.58. The second kappa shape index (κ2) is 3.00. The first-order chi connectivity index (χ1) is 7.23. The third kappa shape index (κ3) is 1.36. The first-order valence-electron chi connectivity index (χ1n) is 6.04. The predicted octanol–water partition coefficient (Wildman–Crippen LogP) is 2.60. The van der Waals surface area contributed by atoms with Crippen LogP contribution in [0.25, 0.3) is 0 Å². The number of imidazole rings is 1. The second-order valence-electron chi connectivity index (χ2n) is 5.20. The highest BCUT2D eigenvalue weighted by molar-refractivity contribution is 5.33. The van der Waals surface area contributed by atoms with Crippen LogP contribution >= 0.6 is 0 Å². The number of anilines is 1. The molecule has 3 rings (SSSR count). The van der Waals surface area contributed by atoms with E-state index in [0.29, 0.717) is 11.5 Å². The highest BCUT2D eigenvalue weighted by atomic mass is 15.2. The quantitative estimate of drug-likeness (QED) is 0.804. The van der Waals surface area contributed by atoms with Gasteiger partial charge < -0.3 is 9.88 Å². The average Bonchev–Trinajstić information content (AvgIpc) is 2.85. The van der Waals surface area contributed by atoms with E-state index in [1.54, 1.807) is 0 Å². The molecule has 1 unspecified atom stereocenters. The maximum atomic E-state index is 4.61. The van der Waals surface area contributed by atoms with Crippen molar-refractivity contribution in [3.8, 4) is 0 Å². The van der Waals surface area contributed by atoms with Crippen molar-refractivity contribution in [3.63, 3.8) is 0 Å². The molecule has 2 aliphatic rings. The summed E-state index contributed by atoms with van der Waals surface area (Å²) < 4.78 is 2.38. The molecular formula is C12H19N3. The third-order valence-electron chi connectivity index (χ3n) is 4.02. The van der Waals surface area contributed by atoms with Gasteiger partial charge in [0.1, 0.15) is 0 Å². The SMILES string of the molecule is CCc1cn2c(n1)NCCC2C1(C)CC1. The topological polar surface area (TPSA) is 29.9 Å². The number of nitrogens with one attached hydrogen (secondary N) is 1. The van der Waals surface area contributed by atoms with Crippen molar-refractivity contribution in [2.24, 2.45) is 5.41 Å². The Kier molecular flexibility index (Phi) is 1.85. The fourth-order valence-electron chi connectivity index (χ4n) is 2.66. The van der Waals surface area contributed by atoms with E-state index in [-0.39, 0.29) is 0 Å². The molecule has 1 aromatic rings. The Morgan fingerprint density at radius 1 is 1.60 bits per heavy atom. The molecule has 1 N–H and O–H groups in total. The lowest BCUT2D eigenvalue weighted by molar-refractivity contribution is 0.308. The van der Waals surface area contributed by atoms with Crippen molar-refractivity contribution < 1.29 is 0 Å². The molecule has 1 aromatic heterocycles. The van der Waals surface area contributed by atoms with Gasteiger partial charge in [0.2, 0.25) is 5.95 Å². The van der Waals surface area contributed by atoms with Gasteiger partial charge in [-0.3, -0.25) is 0 Å². The lowest BCUT2D eigenvalue weighted by atomic mass is 9.94. The lowest BCUT2D eigenvalue weighted by Crippen LogP contribution is -2.27. The van der Waals surface area contributed by atoms with E-state index in [2.05, 4.69) is 34.9 Å². The van der Waals surface area contributed by atoms with Gasteiger partial charge >= 0.3 is 0 Å². The van der Waals surface area contributed by atoms with Crippen molar-refractivity contribution in [1.82, 2.24) is 9.55 Å². The molecule has 3 nitrogen and oxygen atoms in total. The second-order valence-corrected chi connectivity index (χ2v) is 5.20. The van der Waals surface area contributed by atoms with E-state index in [9.17, 15) is 0 Å². The zero-order valence-electron chi connectivity index (χ0n) is 9.58. The van der Waals surface area contributed by atoms with Crippen LogP contribution in [0.2, 0.25) is 0 Å². The van der Waals surface area contributed by atoms with Gasteiger partial charge in [-0.2, -0.15) is 0 Å². The first-order valence-corrected chi connectivity index (χ1v) is 6.04. The maximum Gasteiger partial charge on any atom is 0.203 e. The molecule has 0 spiro atoms. The molecule has 0 amide bonds. The molecule has 15 heavy (non-hydrogen) atoms. The van der Waals surface area contributed by atoms with Gasteiger partial charge in [-0.15, -0.1) is 0 Å². The minimum Gasteiger partial charge on any atom is -0.356 e. The Hall–Kier alpha value is -0.990. The van der Waals surface area contributed by atoms with E-state index in [4.69, 9.17) is 0 Å². The summed E-state index contributed by atoms with van der Waals surface area (Å²) in [7, 11) is 0. The Morgan fingerprint density at radius 2 is 2.40 bits per heavy atom. The monoisotopic (exact) mass is 205 g/mol. The Morgan fingerprint density at radius 3 is 3.07 bits per heavy atom. The van der Waals surface area contributed by atoms with E-state index in [1.807, 2.05) is 0 Å². The van der Waals surface area contributed by atoms with Crippen LogP contribution in [0.5, 0.6) is 0 Å². The fraction of sp³-hybridized carbons (Fsp3) is 0.750. The number of nitrogens with zero attached hydrogens (tertiary/aromatic N) is 2. The predicted molar refractivity (Wildman–Crippen MR) is 61.1 cm³/mol. The Labute approximate surface area is 90.9 Å². The van der Waals surface area contributed by atoms with Gasteiger partial charge in [-0.05, 0) is 31.1 Å². The average molecular weight is 205 g/mol. The summed E-state index contributed by atoms with van der Waals surface area (Å²) in [5, 5.41) is 3.40. The van der Waals surface area contributed by atoms with E-state index >= 15 is 0 Å². The third-order valence-corrected chi connectivity index (χ3v) is 4.02.